The summed E-state index contributed by atoms with van der Waals surface area (Å²) in [6.45, 7) is 6.54. The van der Waals surface area contributed by atoms with Gasteiger partial charge in [-0.2, -0.15) is 5.10 Å². The summed E-state index contributed by atoms with van der Waals surface area (Å²) < 4.78 is 3.57. The van der Waals surface area contributed by atoms with Crippen molar-refractivity contribution in [1.82, 2.24) is 14.3 Å². The van der Waals surface area contributed by atoms with Gasteiger partial charge in [0, 0.05) is 17.9 Å². The highest BCUT2D eigenvalue weighted by molar-refractivity contribution is 7.80. The molecule has 112 valence electrons. The molecule has 0 bridgehead atoms. The molecule has 0 aliphatic heterocycles. The maximum atomic E-state index is 12.4. The van der Waals surface area contributed by atoms with Crippen molar-refractivity contribution in [3.05, 3.63) is 51.7 Å². The van der Waals surface area contributed by atoms with Gasteiger partial charge in [-0.05, 0) is 38.5 Å². The fourth-order valence-corrected chi connectivity index (χ4v) is 2.27. The van der Waals surface area contributed by atoms with E-state index in [0.717, 1.165) is 17.8 Å². The van der Waals surface area contributed by atoms with Crippen LogP contribution in [-0.2, 0) is 6.54 Å². The Morgan fingerprint density at radius 1 is 1.43 bits per heavy atom. The molecular weight excluding hydrogens is 284 g/mol. The second-order valence-corrected chi connectivity index (χ2v) is 5.63. The predicted molar refractivity (Wildman–Crippen MR) is 87.7 cm³/mol. The molecule has 1 unspecified atom stereocenters. The summed E-state index contributed by atoms with van der Waals surface area (Å²) in [6.07, 6.45) is 2.96. The molecule has 6 heteroatoms. The van der Waals surface area contributed by atoms with Gasteiger partial charge in [0.1, 0.15) is 4.99 Å². The summed E-state index contributed by atoms with van der Waals surface area (Å²) in [6, 6.07) is 5.81. The molecule has 0 spiro atoms. The third-order valence-corrected chi connectivity index (χ3v) is 3.90. The molecule has 0 aliphatic rings. The number of thiocarbonyl (C=S) groups is 1. The van der Waals surface area contributed by atoms with Gasteiger partial charge in [-0.15, -0.1) is 0 Å². The molecule has 0 saturated heterocycles. The van der Waals surface area contributed by atoms with E-state index in [1.54, 1.807) is 10.6 Å². The van der Waals surface area contributed by atoms with Gasteiger partial charge in [-0.1, -0.05) is 19.1 Å². The van der Waals surface area contributed by atoms with Crippen LogP contribution in [0.5, 0.6) is 0 Å². The molecule has 21 heavy (non-hydrogen) atoms. The second-order valence-electron chi connectivity index (χ2n) is 5.19. The fraction of sp³-hybridized carbons (Fsp3) is 0.400. The third kappa shape index (κ3) is 3.21. The monoisotopic (exact) mass is 304 g/mol. The van der Waals surface area contributed by atoms with Crippen LogP contribution >= 0.6 is 12.2 Å². The molecule has 1 atom stereocenters. The summed E-state index contributed by atoms with van der Waals surface area (Å²) in [5.74, 6) is 0. The second kappa shape index (κ2) is 6.22. The minimum absolute atomic E-state index is 0.124. The Kier molecular flexibility index (Phi) is 4.57. The molecule has 2 rings (SSSR count). The van der Waals surface area contributed by atoms with E-state index in [2.05, 4.69) is 18.9 Å². The zero-order chi connectivity index (χ0) is 15.6. The molecule has 0 aromatic carbocycles. The summed E-state index contributed by atoms with van der Waals surface area (Å²) >= 11 is 4.92. The highest BCUT2D eigenvalue weighted by Gasteiger charge is 2.11. The highest BCUT2D eigenvalue weighted by atomic mass is 32.1. The number of aromatic nitrogens is 3. The lowest BCUT2D eigenvalue weighted by Gasteiger charge is -2.11. The molecule has 2 aromatic rings. The quantitative estimate of drug-likeness (QED) is 0.858. The highest BCUT2D eigenvalue weighted by Crippen LogP contribution is 2.10. The average molecular weight is 304 g/mol. The number of nitrogens with two attached hydrogens (primary N) is 1. The van der Waals surface area contributed by atoms with Crippen molar-refractivity contribution in [1.29, 1.82) is 0 Å². The minimum atomic E-state index is -0.166. The van der Waals surface area contributed by atoms with Crippen LogP contribution in [0.25, 0.3) is 0 Å². The van der Waals surface area contributed by atoms with Crippen molar-refractivity contribution in [2.75, 3.05) is 0 Å². The maximum absolute atomic E-state index is 12.4. The number of pyridine rings is 1. The maximum Gasteiger partial charge on any atom is 0.261 e. The van der Waals surface area contributed by atoms with E-state index in [4.69, 9.17) is 18.0 Å². The normalized spacial score (nSPS) is 12.3. The first-order valence-corrected chi connectivity index (χ1v) is 7.39. The molecule has 2 heterocycles. The van der Waals surface area contributed by atoms with E-state index < -0.39 is 0 Å². The Labute approximate surface area is 129 Å². The Bertz CT molecular complexity index is 717. The first-order valence-electron chi connectivity index (χ1n) is 6.98. The Morgan fingerprint density at radius 2 is 2.14 bits per heavy atom. The number of nitrogens with zero attached hydrogens (tertiary/aromatic N) is 3. The van der Waals surface area contributed by atoms with Crippen molar-refractivity contribution in [2.24, 2.45) is 5.73 Å². The van der Waals surface area contributed by atoms with Gasteiger partial charge in [-0.25, -0.2) is 0 Å². The van der Waals surface area contributed by atoms with Gasteiger partial charge in [0.15, 0.2) is 0 Å². The molecule has 2 aromatic heterocycles. The summed E-state index contributed by atoms with van der Waals surface area (Å²) in [5.41, 5.74) is 7.50. The van der Waals surface area contributed by atoms with Gasteiger partial charge in [0.05, 0.1) is 17.8 Å². The lowest BCUT2D eigenvalue weighted by atomic mass is 10.2. The minimum Gasteiger partial charge on any atom is -0.389 e. The van der Waals surface area contributed by atoms with Crippen molar-refractivity contribution in [2.45, 2.75) is 39.8 Å². The van der Waals surface area contributed by atoms with E-state index in [-0.39, 0.29) is 10.5 Å². The molecule has 5 nitrogen and oxygen atoms in total. The smallest absolute Gasteiger partial charge is 0.261 e. The van der Waals surface area contributed by atoms with Crippen LogP contribution in [0.1, 0.15) is 43.3 Å². The van der Waals surface area contributed by atoms with Crippen molar-refractivity contribution >= 4 is 17.2 Å². The molecule has 2 N–H and O–H groups in total. The lowest BCUT2D eigenvalue weighted by molar-refractivity contribution is 0.471. The zero-order valence-corrected chi connectivity index (χ0v) is 13.4. The number of hydrogen-bond donors (Lipinski definition) is 1. The van der Waals surface area contributed by atoms with Crippen LogP contribution in [-0.4, -0.2) is 19.3 Å². The summed E-state index contributed by atoms with van der Waals surface area (Å²) in [7, 11) is 0. The van der Waals surface area contributed by atoms with Crippen LogP contribution < -0.4 is 11.3 Å². The lowest BCUT2D eigenvalue weighted by Crippen LogP contribution is -2.30. The molecular formula is C15H20N4OS. The average Bonchev–Trinajstić information content (AvgIpc) is 2.90. The molecule has 0 amide bonds. The van der Waals surface area contributed by atoms with Gasteiger partial charge in [0.2, 0.25) is 0 Å². The van der Waals surface area contributed by atoms with Gasteiger partial charge in [-0.3, -0.25) is 9.48 Å². The van der Waals surface area contributed by atoms with Gasteiger partial charge >= 0.3 is 0 Å². The topological polar surface area (TPSA) is 65.8 Å². The fourth-order valence-electron chi connectivity index (χ4n) is 2.11. The first kappa shape index (κ1) is 15.4. The van der Waals surface area contributed by atoms with E-state index in [0.29, 0.717) is 18.2 Å². The van der Waals surface area contributed by atoms with Crippen LogP contribution in [0.3, 0.4) is 0 Å². The van der Waals surface area contributed by atoms with Crippen LogP contribution in [0.2, 0.25) is 0 Å². The van der Waals surface area contributed by atoms with Crippen LogP contribution in [0.4, 0.5) is 0 Å². The van der Waals surface area contributed by atoms with Gasteiger partial charge in [0.25, 0.3) is 5.56 Å². The third-order valence-electron chi connectivity index (χ3n) is 3.68. The number of rotatable bonds is 5. The first-order chi connectivity index (χ1) is 9.93. The van der Waals surface area contributed by atoms with E-state index >= 15 is 0 Å². The van der Waals surface area contributed by atoms with Crippen molar-refractivity contribution in [3.8, 4) is 0 Å². The van der Waals surface area contributed by atoms with Crippen LogP contribution in [0.15, 0.2) is 29.2 Å². The number of aryl methyl sites for hydroxylation is 1. The van der Waals surface area contributed by atoms with Gasteiger partial charge < -0.3 is 10.3 Å². The largest absolute Gasteiger partial charge is 0.389 e. The summed E-state index contributed by atoms with van der Waals surface area (Å²) in [5, 5.41) is 4.53. The molecule has 0 aliphatic carbocycles. The van der Waals surface area contributed by atoms with E-state index in [1.165, 1.54) is 0 Å². The van der Waals surface area contributed by atoms with Crippen molar-refractivity contribution < 1.29 is 0 Å². The number of hydrogen-bond acceptors (Lipinski definition) is 3. The molecule has 0 radical (unpaired) electrons. The predicted octanol–water partition coefficient (Wildman–Crippen LogP) is 2.01. The van der Waals surface area contributed by atoms with E-state index in [1.807, 2.05) is 29.9 Å². The van der Waals surface area contributed by atoms with E-state index in [9.17, 15) is 4.79 Å². The standard InChI is InChI=1S/C15H20N4OS/c1-4-10(2)19-8-7-12(17-19)9-18-11(3)5-6-13(14(16)21)15(18)20/h5-8,10H,4,9H2,1-3H3,(H2,16,21). The molecule has 0 fully saturated rings. The zero-order valence-electron chi connectivity index (χ0n) is 12.5. The Morgan fingerprint density at radius 3 is 2.76 bits per heavy atom. The van der Waals surface area contributed by atoms with Crippen molar-refractivity contribution in [3.63, 3.8) is 0 Å². The SMILES string of the molecule is CCC(C)n1ccc(Cn2c(C)ccc(C(N)=S)c2=O)n1. The van der Waals surface area contributed by atoms with Crippen LogP contribution in [0, 0.1) is 6.92 Å². The molecule has 0 saturated carbocycles. The Balaban J connectivity index is 2.35. The Hall–Kier alpha value is -1.95. The summed E-state index contributed by atoms with van der Waals surface area (Å²) in [4.78, 5) is 12.5.